The van der Waals surface area contributed by atoms with E-state index < -0.39 is 0 Å². The van der Waals surface area contributed by atoms with E-state index in [1.54, 1.807) is 25.4 Å². The van der Waals surface area contributed by atoms with E-state index in [-0.39, 0.29) is 18.7 Å². The van der Waals surface area contributed by atoms with Gasteiger partial charge in [0.2, 0.25) is 0 Å². The number of amides is 1. The molecule has 2 aromatic carbocycles. The number of carbonyl (C=O) groups is 1. The Kier molecular flexibility index (Phi) is 5.36. The van der Waals surface area contributed by atoms with Gasteiger partial charge in [-0.2, -0.15) is 0 Å². The Morgan fingerprint density at radius 2 is 1.94 bits per heavy atom. The number of carbonyl (C=O) groups excluding carboxylic acids is 1. The zero-order valence-corrected chi connectivity index (χ0v) is 18.2. The van der Waals surface area contributed by atoms with Crippen LogP contribution in [0.1, 0.15) is 16.8 Å². The van der Waals surface area contributed by atoms with Gasteiger partial charge >= 0.3 is 0 Å². The molecule has 0 aliphatic carbocycles. The maximum absolute atomic E-state index is 13.2. The van der Waals surface area contributed by atoms with Gasteiger partial charge in [-0.25, -0.2) is 4.98 Å². The van der Waals surface area contributed by atoms with Crippen LogP contribution in [0.4, 0.5) is 11.5 Å². The number of fused-ring (bicyclic) bond motifs is 1. The molecule has 0 saturated carbocycles. The van der Waals surface area contributed by atoms with Crippen LogP contribution >= 0.6 is 11.6 Å². The van der Waals surface area contributed by atoms with Crippen LogP contribution in [-0.4, -0.2) is 49.0 Å². The summed E-state index contributed by atoms with van der Waals surface area (Å²) in [4.78, 5) is 21.2. The second-order valence-corrected chi connectivity index (χ2v) is 8.27. The first kappa shape index (κ1) is 20.6. The molecule has 32 heavy (non-hydrogen) atoms. The molecule has 8 heteroatoms. The number of benzene rings is 2. The first-order chi connectivity index (χ1) is 15.5. The highest BCUT2D eigenvalue weighted by molar-refractivity contribution is 6.30. The third kappa shape index (κ3) is 3.74. The van der Waals surface area contributed by atoms with E-state index in [0.717, 1.165) is 11.1 Å². The number of nitrogens with zero attached hydrogens (tertiary/aromatic N) is 3. The zero-order chi connectivity index (χ0) is 22.2. The highest BCUT2D eigenvalue weighted by atomic mass is 35.5. The molecule has 0 radical (unpaired) electrons. The van der Waals surface area contributed by atoms with Crippen molar-refractivity contribution in [1.29, 1.82) is 0 Å². The highest BCUT2D eigenvalue weighted by Crippen LogP contribution is 2.36. The van der Waals surface area contributed by atoms with E-state index in [1.807, 2.05) is 41.3 Å². The minimum Gasteiger partial charge on any atom is -0.493 e. The Hall–Kier alpha value is -3.29. The third-order valence-corrected chi connectivity index (χ3v) is 6.05. The molecule has 0 spiro atoms. The lowest BCUT2D eigenvalue weighted by Crippen LogP contribution is -2.38. The fourth-order valence-corrected chi connectivity index (χ4v) is 4.19. The largest absolute Gasteiger partial charge is 0.493 e. The molecule has 1 unspecified atom stereocenters. The lowest BCUT2D eigenvalue weighted by atomic mass is 10.0. The van der Waals surface area contributed by atoms with E-state index in [9.17, 15) is 9.90 Å². The van der Waals surface area contributed by atoms with Crippen LogP contribution in [0.25, 0.3) is 11.1 Å². The Labute approximate surface area is 190 Å². The standard InChI is InChI=1S/C24H22ClN3O4/c1-31-22-11-18(12-26-23(22)27-9-8-19(29)13-27)28-14-32-21-10-16(4-7-20(21)24(28)30)15-2-5-17(25)6-3-15/h2-7,10-12,19,29H,8-9,13-14H2,1H3. The molecule has 1 aromatic heterocycles. The molecule has 2 aliphatic rings. The van der Waals surface area contributed by atoms with Crippen molar-refractivity contribution in [3.05, 3.63) is 65.3 Å². The number of aliphatic hydroxyl groups excluding tert-OH is 1. The summed E-state index contributed by atoms with van der Waals surface area (Å²) >= 11 is 5.98. The molecule has 1 amide bonds. The number of methoxy groups -OCH3 is 1. The van der Waals surface area contributed by atoms with Gasteiger partial charge in [-0.1, -0.05) is 29.8 Å². The summed E-state index contributed by atoms with van der Waals surface area (Å²) in [5.74, 6) is 1.59. The van der Waals surface area contributed by atoms with Crippen LogP contribution in [0.3, 0.4) is 0 Å². The van der Waals surface area contributed by atoms with Gasteiger partial charge in [-0.15, -0.1) is 0 Å². The number of hydrogen-bond acceptors (Lipinski definition) is 6. The molecule has 7 nitrogen and oxygen atoms in total. The number of halogens is 1. The molecular formula is C24H22ClN3O4. The average Bonchev–Trinajstić information content (AvgIpc) is 3.25. The molecule has 3 heterocycles. The van der Waals surface area contributed by atoms with Crippen LogP contribution < -0.4 is 19.3 Å². The number of β-amino-alcohol motifs (C(OH)–C–C–N with tert-alkyl or cyclic N) is 1. The quantitative estimate of drug-likeness (QED) is 0.646. The van der Waals surface area contributed by atoms with E-state index >= 15 is 0 Å². The van der Waals surface area contributed by atoms with Gasteiger partial charge in [0, 0.05) is 24.2 Å². The fraction of sp³-hybridized carbons (Fsp3) is 0.250. The van der Waals surface area contributed by atoms with Gasteiger partial charge in [-0.3, -0.25) is 9.69 Å². The predicted octanol–water partition coefficient (Wildman–Crippen LogP) is 3.98. The maximum atomic E-state index is 13.2. The predicted molar refractivity (Wildman–Crippen MR) is 123 cm³/mol. The van der Waals surface area contributed by atoms with Crippen molar-refractivity contribution in [3.8, 4) is 22.6 Å². The SMILES string of the molecule is COc1cc(N2COc3cc(-c4ccc(Cl)cc4)ccc3C2=O)cnc1N1CCC(O)C1. The summed E-state index contributed by atoms with van der Waals surface area (Å²) in [6.45, 7) is 1.29. The van der Waals surface area contributed by atoms with Crippen molar-refractivity contribution >= 4 is 29.0 Å². The van der Waals surface area contributed by atoms with E-state index in [1.165, 1.54) is 4.90 Å². The zero-order valence-electron chi connectivity index (χ0n) is 17.5. The van der Waals surface area contributed by atoms with Crippen molar-refractivity contribution in [2.75, 3.05) is 36.7 Å². The number of aromatic nitrogens is 1. The number of hydrogen-bond donors (Lipinski definition) is 1. The van der Waals surface area contributed by atoms with Gasteiger partial charge < -0.3 is 19.5 Å². The van der Waals surface area contributed by atoms with Crippen LogP contribution in [0.5, 0.6) is 11.5 Å². The van der Waals surface area contributed by atoms with Crippen LogP contribution in [-0.2, 0) is 0 Å². The minimum absolute atomic E-state index is 0.0719. The lowest BCUT2D eigenvalue weighted by Gasteiger charge is -2.29. The van der Waals surface area contributed by atoms with Crippen molar-refractivity contribution in [2.45, 2.75) is 12.5 Å². The monoisotopic (exact) mass is 451 g/mol. The Bertz CT molecular complexity index is 1170. The highest BCUT2D eigenvalue weighted by Gasteiger charge is 2.29. The number of rotatable bonds is 4. The number of ether oxygens (including phenoxy) is 2. The Morgan fingerprint density at radius 3 is 2.66 bits per heavy atom. The summed E-state index contributed by atoms with van der Waals surface area (Å²) in [5, 5.41) is 10.5. The minimum atomic E-state index is -0.368. The molecule has 1 fully saturated rings. The first-order valence-corrected chi connectivity index (χ1v) is 10.7. The van der Waals surface area contributed by atoms with Gasteiger partial charge in [0.15, 0.2) is 18.3 Å². The molecule has 164 valence electrons. The average molecular weight is 452 g/mol. The molecule has 5 rings (SSSR count). The molecular weight excluding hydrogens is 430 g/mol. The second kappa shape index (κ2) is 8.33. The van der Waals surface area contributed by atoms with Crippen LogP contribution in [0.2, 0.25) is 5.02 Å². The normalized spacial score (nSPS) is 17.8. The molecule has 1 N–H and O–H groups in total. The van der Waals surface area contributed by atoms with E-state index in [4.69, 9.17) is 21.1 Å². The summed E-state index contributed by atoms with van der Waals surface area (Å²) in [5.41, 5.74) is 3.01. The third-order valence-electron chi connectivity index (χ3n) is 5.80. The Balaban J connectivity index is 1.41. The van der Waals surface area contributed by atoms with E-state index in [0.29, 0.717) is 53.1 Å². The summed E-state index contributed by atoms with van der Waals surface area (Å²) in [6, 6.07) is 14.8. The molecule has 2 aliphatic heterocycles. The van der Waals surface area contributed by atoms with Crippen molar-refractivity contribution < 1.29 is 19.4 Å². The smallest absolute Gasteiger partial charge is 0.264 e. The van der Waals surface area contributed by atoms with Crippen molar-refractivity contribution in [2.24, 2.45) is 0 Å². The first-order valence-electron chi connectivity index (χ1n) is 10.3. The number of pyridine rings is 1. The fourth-order valence-electron chi connectivity index (χ4n) is 4.07. The molecule has 3 aromatic rings. The van der Waals surface area contributed by atoms with Crippen LogP contribution in [0.15, 0.2) is 54.7 Å². The molecule has 0 bridgehead atoms. The number of aliphatic hydroxyl groups is 1. The summed E-state index contributed by atoms with van der Waals surface area (Å²) in [7, 11) is 1.57. The van der Waals surface area contributed by atoms with E-state index in [2.05, 4.69) is 4.98 Å². The van der Waals surface area contributed by atoms with Crippen LogP contribution in [0, 0.1) is 0 Å². The Morgan fingerprint density at radius 1 is 1.16 bits per heavy atom. The van der Waals surface area contributed by atoms with Crippen molar-refractivity contribution in [1.82, 2.24) is 4.98 Å². The summed E-state index contributed by atoms with van der Waals surface area (Å²) < 4.78 is 11.5. The number of anilines is 2. The maximum Gasteiger partial charge on any atom is 0.264 e. The van der Waals surface area contributed by atoms with Gasteiger partial charge in [0.1, 0.15) is 5.75 Å². The second-order valence-electron chi connectivity index (χ2n) is 7.83. The van der Waals surface area contributed by atoms with Crippen molar-refractivity contribution in [3.63, 3.8) is 0 Å². The molecule has 1 saturated heterocycles. The van der Waals surface area contributed by atoms with Gasteiger partial charge in [0.05, 0.1) is 30.7 Å². The topological polar surface area (TPSA) is 75.1 Å². The lowest BCUT2D eigenvalue weighted by molar-refractivity contribution is 0.0937. The van der Waals surface area contributed by atoms with Gasteiger partial charge in [-0.05, 0) is 41.8 Å². The van der Waals surface area contributed by atoms with Gasteiger partial charge in [0.25, 0.3) is 5.91 Å². The summed E-state index contributed by atoms with van der Waals surface area (Å²) in [6.07, 6.45) is 1.96. The molecule has 1 atom stereocenters.